The molecule has 0 aromatic carbocycles. The Hall–Kier alpha value is -4.14. The molecular formula is C30H33F3N8O. The van der Waals surface area contributed by atoms with Gasteiger partial charge in [0, 0.05) is 40.3 Å². The second-order valence-corrected chi connectivity index (χ2v) is 13.0. The number of nitriles is 1. The first kappa shape index (κ1) is 29.4. The molecule has 1 saturated carbocycles. The molecule has 3 atom stereocenters. The zero-order chi connectivity index (χ0) is 30.8. The summed E-state index contributed by atoms with van der Waals surface area (Å²) in [5.74, 6) is 0.912. The molecule has 0 aliphatic heterocycles. The minimum Gasteiger partial charge on any atom is -0.310 e. The maximum atomic E-state index is 13.3. The fourth-order valence-corrected chi connectivity index (χ4v) is 5.08. The minimum absolute atomic E-state index is 0.0323. The molecule has 5 rings (SSSR count). The number of fused-ring (bicyclic) bond motifs is 1. The minimum atomic E-state index is -4.57. The van der Waals surface area contributed by atoms with Crippen molar-refractivity contribution in [2.24, 2.45) is 0 Å². The molecule has 4 aromatic heterocycles. The highest BCUT2D eigenvalue weighted by Crippen LogP contribution is 2.47. The summed E-state index contributed by atoms with van der Waals surface area (Å²) in [5, 5.41) is 14.0. The van der Waals surface area contributed by atoms with Gasteiger partial charge in [-0.3, -0.25) is 9.78 Å². The highest BCUT2D eigenvalue weighted by atomic mass is 19.4. The van der Waals surface area contributed by atoms with Crippen LogP contribution in [-0.4, -0.2) is 34.7 Å². The van der Waals surface area contributed by atoms with Crippen LogP contribution in [0.4, 0.5) is 13.2 Å². The van der Waals surface area contributed by atoms with Gasteiger partial charge < -0.3 is 4.98 Å². The van der Waals surface area contributed by atoms with E-state index in [0.29, 0.717) is 17.2 Å². The third kappa shape index (κ3) is 5.28. The van der Waals surface area contributed by atoms with Crippen molar-refractivity contribution >= 4 is 11.0 Å². The summed E-state index contributed by atoms with van der Waals surface area (Å²) in [7, 11) is 0. The van der Waals surface area contributed by atoms with Gasteiger partial charge in [-0.05, 0) is 37.5 Å². The second kappa shape index (κ2) is 10.00. The molecule has 4 heterocycles. The van der Waals surface area contributed by atoms with Gasteiger partial charge >= 0.3 is 6.18 Å². The van der Waals surface area contributed by atoms with Crippen LogP contribution in [0.5, 0.6) is 0 Å². The predicted molar refractivity (Wildman–Crippen MR) is 150 cm³/mol. The maximum Gasteiger partial charge on any atom is 0.433 e. The summed E-state index contributed by atoms with van der Waals surface area (Å²) in [6.07, 6.45) is -1.87. The quantitative estimate of drug-likeness (QED) is 0.312. The van der Waals surface area contributed by atoms with E-state index < -0.39 is 23.5 Å². The SMILES string of the molecule is C[C@H](c1ccc(C(F)(F)F)nc1)n1nc(C#N)c2c(=O)[nH]c([C@@H]3CC[C@H]3c3nc(C(C)(C)C)cc(C(C)(C)C)n3)nc21. The number of nitrogens with zero attached hydrogens (tertiary/aromatic N) is 7. The predicted octanol–water partition coefficient (Wildman–Crippen LogP) is 6.06. The van der Waals surface area contributed by atoms with E-state index in [0.717, 1.165) is 36.5 Å². The molecule has 9 nitrogen and oxygen atoms in total. The topological polar surface area (TPSA) is 126 Å². The van der Waals surface area contributed by atoms with Crippen molar-refractivity contribution in [3.8, 4) is 6.07 Å². The normalized spacial score (nSPS) is 18.5. The summed E-state index contributed by atoms with van der Waals surface area (Å²) in [6, 6.07) is 5.55. The standard InChI is InChI=1S/C30H33F3N8O/c1-15(16-8-11-20(35-14-16)30(31,32)33)41-26-23(19(13-34)40-41)27(42)39-25(38-26)18-10-9-17(18)24-36-21(28(2,3)4)12-22(37-24)29(5,6)7/h8,11-12,14-15,17-18H,9-10H2,1-7H3,(H,38,39,42)/t15-,17-,18-/m1/s1. The lowest BCUT2D eigenvalue weighted by atomic mass is 9.72. The Morgan fingerprint density at radius 1 is 0.976 bits per heavy atom. The van der Waals surface area contributed by atoms with Crippen LogP contribution in [0.15, 0.2) is 29.2 Å². The molecule has 1 aliphatic carbocycles. The fraction of sp³-hybridized carbons (Fsp3) is 0.500. The Labute approximate surface area is 241 Å². The van der Waals surface area contributed by atoms with Crippen LogP contribution in [0.3, 0.4) is 0 Å². The Balaban J connectivity index is 1.58. The Morgan fingerprint density at radius 2 is 1.60 bits per heavy atom. The molecule has 0 spiro atoms. The van der Waals surface area contributed by atoms with Gasteiger partial charge in [-0.2, -0.15) is 23.5 Å². The maximum absolute atomic E-state index is 13.3. The molecule has 0 saturated heterocycles. The van der Waals surface area contributed by atoms with E-state index in [1.807, 2.05) is 6.07 Å². The van der Waals surface area contributed by atoms with E-state index in [4.69, 9.17) is 15.0 Å². The average Bonchev–Trinajstić information content (AvgIpc) is 3.25. The molecule has 42 heavy (non-hydrogen) atoms. The Bertz CT molecular complexity index is 1720. The monoisotopic (exact) mass is 578 g/mol. The smallest absolute Gasteiger partial charge is 0.310 e. The van der Waals surface area contributed by atoms with Crippen molar-refractivity contribution in [2.75, 3.05) is 0 Å². The molecule has 12 heteroatoms. The molecule has 1 fully saturated rings. The van der Waals surface area contributed by atoms with Crippen molar-refractivity contribution in [1.29, 1.82) is 5.26 Å². The Morgan fingerprint density at radius 3 is 2.07 bits per heavy atom. The zero-order valence-corrected chi connectivity index (χ0v) is 24.6. The lowest BCUT2D eigenvalue weighted by Gasteiger charge is -2.36. The van der Waals surface area contributed by atoms with Crippen molar-refractivity contribution in [1.82, 2.24) is 34.7 Å². The van der Waals surface area contributed by atoms with E-state index in [1.54, 1.807) is 6.92 Å². The molecule has 0 bridgehead atoms. The summed E-state index contributed by atoms with van der Waals surface area (Å²) in [5.41, 5.74) is 0.483. The molecular weight excluding hydrogens is 545 g/mol. The lowest BCUT2D eigenvalue weighted by molar-refractivity contribution is -0.141. The molecule has 0 unspecified atom stereocenters. The van der Waals surface area contributed by atoms with Crippen molar-refractivity contribution < 1.29 is 13.2 Å². The number of H-pyrrole nitrogens is 1. The van der Waals surface area contributed by atoms with Gasteiger partial charge in [0.2, 0.25) is 0 Å². The van der Waals surface area contributed by atoms with Gasteiger partial charge in [-0.25, -0.2) is 19.6 Å². The summed E-state index contributed by atoms with van der Waals surface area (Å²) >= 11 is 0. The van der Waals surface area contributed by atoms with E-state index in [9.17, 15) is 23.2 Å². The Kier molecular flexibility index (Phi) is 6.99. The highest BCUT2D eigenvalue weighted by molar-refractivity contribution is 5.80. The first-order valence-electron chi connectivity index (χ1n) is 13.8. The third-order valence-corrected chi connectivity index (χ3v) is 7.85. The summed E-state index contributed by atoms with van der Waals surface area (Å²) in [4.78, 5) is 34.4. The fourth-order valence-electron chi connectivity index (χ4n) is 5.08. The number of halogens is 3. The van der Waals surface area contributed by atoms with Gasteiger partial charge in [0.25, 0.3) is 5.56 Å². The molecule has 1 aliphatic rings. The average molecular weight is 579 g/mol. The van der Waals surface area contributed by atoms with Crippen LogP contribution in [0.2, 0.25) is 0 Å². The highest BCUT2D eigenvalue weighted by Gasteiger charge is 2.39. The van der Waals surface area contributed by atoms with Crippen molar-refractivity contribution in [2.45, 2.75) is 96.2 Å². The number of rotatable bonds is 4. The van der Waals surface area contributed by atoms with Crippen molar-refractivity contribution in [3.05, 3.63) is 74.7 Å². The third-order valence-electron chi connectivity index (χ3n) is 7.85. The van der Waals surface area contributed by atoms with E-state index >= 15 is 0 Å². The number of hydrogen-bond acceptors (Lipinski definition) is 7. The number of hydrogen-bond donors (Lipinski definition) is 1. The van der Waals surface area contributed by atoms with E-state index in [2.05, 4.69) is 62.7 Å². The number of aromatic amines is 1. The van der Waals surface area contributed by atoms with Gasteiger partial charge in [0.15, 0.2) is 11.3 Å². The van der Waals surface area contributed by atoms with Crippen LogP contribution < -0.4 is 5.56 Å². The van der Waals surface area contributed by atoms with Crippen LogP contribution in [-0.2, 0) is 17.0 Å². The molecule has 0 radical (unpaired) electrons. The summed E-state index contributed by atoms with van der Waals surface area (Å²) < 4.78 is 40.5. The van der Waals surface area contributed by atoms with Crippen LogP contribution in [0.25, 0.3) is 11.0 Å². The van der Waals surface area contributed by atoms with Crippen LogP contribution in [0, 0.1) is 11.3 Å². The summed E-state index contributed by atoms with van der Waals surface area (Å²) in [6.45, 7) is 14.4. The molecule has 4 aromatic rings. The molecule has 1 N–H and O–H groups in total. The largest absolute Gasteiger partial charge is 0.433 e. The number of alkyl halides is 3. The van der Waals surface area contributed by atoms with Gasteiger partial charge in [0.1, 0.15) is 28.8 Å². The first-order valence-corrected chi connectivity index (χ1v) is 13.8. The van der Waals surface area contributed by atoms with Crippen LogP contribution in [0.1, 0.15) is 119 Å². The van der Waals surface area contributed by atoms with E-state index in [1.165, 1.54) is 10.7 Å². The number of nitrogens with one attached hydrogen (secondary N) is 1. The number of pyridine rings is 1. The lowest BCUT2D eigenvalue weighted by Crippen LogP contribution is -2.30. The van der Waals surface area contributed by atoms with Crippen molar-refractivity contribution in [3.63, 3.8) is 0 Å². The van der Waals surface area contributed by atoms with Gasteiger partial charge in [-0.15, -0.1) is 0 Å². The van der Waals surface area contributed by atoms with Gasteiger partial charge in [-0.1, -0.05) is 47.6 Å². The second-order valence-electron chi connectivity index (χ2n) is 13.0. The molecule has 0 amide bonds. The van der Waals surface area contributed by atoms with Crippen LogP contribution >= 0.6 is 0 Å². The van der Waals surface area contributed by atoms with Gasteiger partial charge in [0.05, 0.1) is 6.04 Å². The zero-order valence-electron chi connectivity index (χ0n) is 24.6. The first-order chi connectivity index (χ1) is 19.5. The number of aromatic nitrogens is 7. The van der Waals surface area contributed by atoms with E-state index in [-0.39, 0.29) is 39.4 Å². The molecule has 220 valence electrons.